The topological polar surface area (TPSA) is 37.4 Å². The van der Waals surface area contributed by atoms with Crippen molar-refractivity contribution in [3.63, 3.8) is 0 Å². The Hall–Kier alpha value is -1.38. The predicted molar refractivity (Wildman–Crippen MR) is 79.8 cm³/mol. The van der Waals surface area contributed by atoms with Crippen LogP contribution in [0.3, 0.4) is 0 Å². The second-order valence-electron chi connectivity index (χ2n) is 4.76. The second-order valence-corrected chi connectivity index (χ2v) is 7.51. The van der Waals surface area contributed by atoms with Crippen molar-refractivity contribution in [2.24, 2.45) is 0 Å². The van der Waals surface area contributed by atoms with Gasteiger partial charge in [0.1, 0.15) is 6.54 Å². The van der Waals surface area contributed by atoms with Gasteiger partial charge in [-0.25, -0.2) is 8.42 Å². The molecule has 0 aliphatic heterocycles. The molecule has 0 aliphatic carbocycles. The standard InChI is InChI=1S/C14H14F3NO2S2/c15-14(16,17)11-18(8-13-6-7-21-9-13)22(19,20)10-12-4-2-1-3-5-12/h1-7,9H,8,10-11H2. The molecular weight excluding hydrogens is 335 g/mol. The normalized spacial score (nSPS) is 12.7. The second kappa shape index (κ2) is 6.80. The van der Waals surface area contributed by atoms with Gasteiger partial charge in [-0.15, -0.1) is 0 Å². The van der Waals surface area contributed by atoms with E-state index in [0.29, 0.717) is 15.4 Å². The molecule has 0 spiro atoms. The van der Waals surface area contributed by atoms with Gasteiger partial charge >= 0.3 is 6.18 Å². The van der Waals surface area contributed by atoms with Crippen molar-refractivity contribution in [2.45, 2.75) is 18.5 Å². The molecule has 8 heteroatoms. The van der Waals surface area contributed by atoms with Crippen LogP contribution in [-0.4, -0.2) is 25.4 Å². The van der Waals surface area contributed by atoms with Gasteiger partial charge in [-0.05, 0) is 28.0 Å². The molecular formula is C14H14F3NO2S2. The van der Waals surface area contributed by atoms with Gasteiger partial charge in [-0.3, -0.25) is 0 Å². The van der Waals surface area contributed by atoms with Crippen LogP contribution < -0.4 is 0 Å². The first-order chi connectivity index (χ1) is 10.3. The van der Waals surface area contributed by atoms with Gasteiger partial charge in [-0.2, -0.15) is 28.8 Å². The minimum atomic E-state index is -4.58. The van der Waals surface area contributed by atoms with E-state index >= 15 is 0 Å². The third kappa shape index (κ3) is 5.11. The number of rotatable bonds is 6. The highest BCUT2D eigenvalue weighted by Gasteiger charge is 2.36. The van der Waals surface area contributed by atoms with Gasteiger partial charge in [0.25, 0.3) is 0 Å². The van der Waals surface area contributed by atoms with Crippen LogP contribution in [0.5, 0.6) is 0 Å². The molecule has 0 saturated carbocycles. The summed E-state index contributed by atoms with van der Waals surface area (Å²) in [6.45, 7) is -1.77. The molecule has 0 fully saturated rings. The highest BCUT2D eigenvalue weighted by molar-refractivity contribution is 7.88. The number of alkyl halides is 3. The first kappa shape index (κ1) is 17.0. The van der Waals surface area contributed by atoms with Crippen molar-refractivity contribution in [3.05, 3.63) is 58.3 Å². The summed E-state index contributed by atoms with van der Waals surface area (Å²) < 4.78 is 63.3. The highest BCUT2D eigenvalue weighted by atomic mass is 32.2. The van der Waals surface area contributed by atoms with Crippen LogP contribution in [-0.2, 0) is 22.3 Å². The smallest absolute Gasteiger partial charge is 0.212 e. The fourth-order valence-corrected chi connectivity index (χ4v) is 4.06. The summed E-state index contributed by atoms with van der Waals surface area (Å²) in [6, 6.07) is 9.79. The number of nitrogens with zero attached hydrogens (tertiary/aromatic N) is 1. The summed E-state index contributed by atoms with van der Waals surface area (Å²) in [5.41, 5.74) is 1.01. The van der Waals surface area contributed by atoms with Gasteiger partial charge in [0.15, 0.2) is 0 Å². The van der Waals surface area contributed by atoms with Crippen molar-refractivity contribution >= 4 is 21.4 Å². The Kier molecular flexibility index (Phi) is 5.25. The molecule has 2 rings (SSSR count). The molecule has 0 amide bonds. The van der Waals surface area contributed by atoms with Crippen LogP contribution in [0, 0.1) is 0 Å². The highest BCUT2D eigenvalue weighted by Crippen LogP contribution is 2.23. The first-order valence-corrected chi connectivity index (χ1v) is 8.91. The van der Waals surface area contributed by atoms with Crippen LogP contribution in [0.1, 0.15) is 11.1 Å². The Morgan fingerprint density at radius 1 is 1.05 bits per heavy atom. The van der Waals surface area contributed by atoms with E-state index in [0.717, 1.165) is 0 Å². The number of halogens is 3. The number of sulfonamides is 1. The maximum Gasteiger partial charge on any atom is 0.402 e. The number of hydrogen-bond acceptors (Lipinski definition) is 3. The summed E-state index contributed by atoms with van der Waals surface area (Å²) in [5, 5.41) is 3.34. The molecule has 1 heterocycles. The van der Waals surface area contributed by atoms with E-state index in [4.69, 9.17) is 0 Å². The fourth-order valence-electron chi connectivity index (χ4n) is 1.91. The van der Waals surface area contributed by atoms with E-state index in [1.807, 2.05) is 0 Å². The number of benzene rings is 1. The van der Waals surface area contributed by atoms with E-state index in [1.54, 1.807) is 47.2 Å². The van der Waals surface area contributed by atoms with E-state index in [2.05, 4.69) is 0 Å². The van der Waals surface area contributed by atoms with Crippen LogP contribution in [0.2, 0.25) is 0 Å². The average Bonchev–Trinajstić information content (AvgIpc) is 2.90. The maximum absolute atomic E-state index is 12.7. The molecule has 0 radical (unpaired) electrons. The SMILES string of the molecule is O=S(=O)(Cc1ccccc1)N(Cc1ccsc1)CC(F)(F)F. The molecule has 0 aliphatic rings. The summed E-state index contributed by atoms with van der Waals surface area (Å²) in [4.78, 5) is 0. The zero-order chi connectivity index (χ0) is 16.2. The van der Waals surface area contributed by atoms with Crippen molar-refractivity contribution in [2.75, 3.05) is 6.54 Å². The van der Waals surface area contributed by atoms with Crippen molar-refractivity contribution in [1.29, 1.82) is 0 Å². The molecule has 1 aromatic carbocycles. The van der Waals surface area contributed by atoms with Crippen LogP contribution in [0.4, 0.5) is 13.2 Å². The van der Waals surface area contributed by atoms with E-state index in [1.165, 1.54) is 11.3 Å². The van der Waals surface area contributed by atoms with Crippen LogP contribution >= 0.6 is 11.3 Å². The third-order valence-electron chi connectivity index (χ3n) is 2.88. The van der Waals surface area contributed by atoms with Crippen LogP contribution in [0.25, 0.3) is 0 Å². The summed E-state index contributed by atoms with van der Waals surface area (Å²) in [6.07, 6.45) is -4.58. The molecule has 0 saturated heterocycles. The quantitative estimate of drug-likeness (QED) is 0.798. The lowest BCUT2D eigenvalue weighted by Gasteiger charge is -2.23. The van der Waals surface area contributed by atoms with Gasteiger partial charge in [0, 0.05) is 6.54 Å². The van der Waals surface area contributed by atoms with Crippen molar-refractivity contribution in [1.82, 2.24) is 4.31 Å². The molecule has 22 heavy (non-hydrogen) atoms. The Morgan fingerprint density at radius 3 is 2.27 bits per heavy atom. The Bertz CT molecular complexity index is 683. The Balaban J connectivity index is 2.22. The molecule has 2 aromatic rings. The van der Waals surface area contributed by atoms with E-state index < -0.39 is 28.5 Å². The van der Waals surface area contributed by atoms with Gasteiger partial charge in [-0.1, -0.05) is 30.3 Å². The summed E-state index contributed by atoms with van der Waals surface area (Å²) >= 11 is 1.31. The van der Waals surface area contributed by atoms with Gasteiger partial charge in [0.2, 0.25) is 10.0 Å². The predicted octanol–water partition coefficient (Wildman–Crippen LogP) is 3.64. The third-order valence-corrected chi connectivity index (χ3v) is 5.36. The van der Waals surface area contributed by atoms with Crippen molar-refractivity contribution in [3.8, 4) is 0 Å². The molecule has 0 atom stereocenters. The molecule has 0 N–H and O–H groups in total. The minimum absolute atomic E-state index is 0.280. The Labute approximate surface area is 131 Å². The first-order valence-electron chi connectivity index (χ1n) is 6.36. The lowest BCUT2D eigenvalue weighted by Crippen LogP contribution is -2.39. The number of hydrogen-bond donors (Lipinski definition) is 0. The fraction of sp³-hybridized carbons (Fsp3) is 0.286. The van der Waals surface area contributed by atoms with E-state index in [9.17, 15) is 21.6 Å². The lowest BCUT2D eigenvalue weighted by molar-refractivity contribution is -0.136. The zero-order valence-corrected chi connectivity index (χ0v) is 13.1. The molecule has 120 valence electrons. The minimum Gasteiger partial charge on any atom is -0.212 e. The maximum atomic E-state index is 12.7. The number of thiophene rings is 1. The Morgan fingerprint density at radius 2 is 1.73 bits per heavy atom. The average molecular weight is 349 g/mol. The monoisotopic (exact) mass is 349 g/mol. The largest absolute Gasteiger partial charge is 0.402 e. The van der Waals surface area contributed by atoms with Crippen LogP contribution in [0.15, 0.2) is 47.2 Å². The molecule has 0 unspecified atom stereocenters. The lowest BCUT2D eigenvalue weighted by atomic mass is 10.2. The molecule has 1 aromatic heterocycles. The molecule has 3 nitrogen and oxygen atoms in total. The van der Waals surface area contributed by atoms with Gasteiger partial charge < -0.3 is 0 Å². The summed E-state index contributed by atoms with van der Waals surface area (Å²) in [5.74, 6) is -0.450. The van der Waals surface area contributed by atoms with E-state index in [-0.39, 0.29) is 6.54 Å². The van der Waals surface area contributed by atoms with Gasteiger partial charge in [0.05, 0.1) is 5.75 Å². The molecule has 0 bridgehead atoms. The zero-order valence-electron chi connectivity index (χ0n) is 11.5. The summed E-state index contributed by atoms with van der Waals surface area (Å²) in [7, 11) is -4.07. The van der Waals surface area contributed by atoms with Crippen molar-refractivity contribution < 1.29 is 21.6 Å².